The lowest BCUT2D eigenvalue weighted by molar-refractivity contribution is -0.120. The summed E-state index contributed by atoms with van der Waals surface area (Å²) in [5.41, 5.74) is 0.318. The van der Waals surface area contributed by atoms with Crippen LogP contribution in [0.2, 0.25) is 0 Å². The van der Waals surface area contributed by atoms with Gasteiger partial charge in [0.2, 0.25) is 5.91 Å². The van der Waals surface area contributed by atoms with Gasteiger partial charge in [0.15, 0.2) is 15.5 Å². The Hall–Kier alpha value is -2.72. The summed E-state index contributed by atoms with van der Waals surface area (Å²) in [5.74, 6) is -0.0426. The zero-order valence-electron chi connectivity index (χ0n) is 16.9. The molecule has 10 heteroatoms. The fourth-order valence-electron chi connectivity index (χ4n) is 3.22. The average molecular weight is 435 g/mol. The van der Waals surface area contributed by atoms with Crippen LogP contribution < -0.4 is 5.32 Å². The Morgan fingerprint density at radius 2 is 1.83 bits per heavy atom. The summed E-state index contributed by atoms with van der Waals surface area (Å²) in [7, 11) is -3.46. The normalized spacial score (nSPS) is 15.2. The molecule has 1 saturated heterocycles. The monoisotopic (exact) mass is 434 g/mol. The predicted octanol–water partition coefficient (Wildman–Crippen LogP) is 0.721. The van der Waals surface area contributed by atoms with Crippen molar-refractivity contribution in [3.8, 4) is 0 Å². The van der Waals surface area contributed by atoms with Crippen LogP contribution in [-0.4, -0.2) is 80.2 Å². The average Bonchev–Trinajstić information content (AvgIpc) is 3.19. The van der Waals surface area contributed by atoms with Gasteiger partial charge in [-0.15, -0.1) is 0 Å². The maximum atomic E-state index is 12.4. The van der Waals surface area contributed by atoms with E-state index in [2.05, 4.69) is 15.4 Å². The number of amides is 2. The van der Waals surface area contributed by atoms with E-state index in [1.807, 2.05) is 0 Å². The first-order valence-corrected chi connectivity index (χ1v) is 11.5. The smallest absolute Gasteiger partial charge is 0.276 e. The number of hydrogen-bond acceptors (Lipinski definition) is 7. The molecule has 1 aliphatic heterocycles. The molecule has 0 radical (unpaired) electrons. The number of hydrogen-bond donors (Lipinski definition) is 1. The standard InChI is InChI=1S/C20H26N4O5S/c1-16-15-18(22-29-16)20(26)24-12-10-23(11-13-24)9-8-21-19(25)7-14-30(27,28)17-5-3-2-4-6-17/h2-6,15H,7-14H2,1H3,(H,21,25). The van der Waals surface area contributed by atoms with Gasteiger partial charge in [0.1, 0.15) is 5.76 Å². The number of nitrogens with one attached hydrogen (secondary N) is 1. The van der Waals surface area contributed by atoms with Crippen LogP contribution in [0.25, 0.3) is 0 Å². The lowest BCUT2D eigenvalue weighted by Gasteiger charge is -2.34. The van der Waals surface area contributed by atoms with Crippen LogP contribution in [0.4, 0.5) is 0 Å². The first-order chi connectivity index (χ1) is 14.3. The van der Waals surface area contributed by atoms with Gasteiger partial charge < -0.3 is 14.7 Å². The maximum Gasteiger partial charge on any atom is 0.276 e. The number of rotatable bonds is 8. The highest BCUT2D eigenvalue weighted by molar-refractivity contribution is 7.91. The molecule has 1 aromatic carbocycles. The molecule has 0 saturated carbocycles. The molecule has 1 fully saturated rings. The van der Waals surface area contributed by atoms with Crippen molar-refractivity contribution < 1.29 is 22.5 Å². The lowest BCUT2D eigenvalue weighted by Crippen LogP contribution is -2.50. The highest BCUT2D eigenvalue weighted by atomic mass is 32.2. The molecule has 2 amide bonds. The fraction of sp³-hybridized carbons (Fsp3) is 0.450. The third-order valence-electron chi connectivity index (χ3n) is 4.96. The van der Waals surface area contributed by atoms with Gasteiger partial charge in [-0.05, 0) is 19.1 Å². The Kier molecular flexibility index (Phi) is 7.22. The minimum absolute atomic E-state index is 0.0728. The minimum atomic E-state index is -3.46. The van der Waals surface area contributed by atoms with Crippen LogP contribution in [0.3, 0.4) is 0 Å². The Morgan fingerprint density at radius 1 is 1.13 bits per heavy atom. The first kappa shape index (κ1) is 22.0. The van der Waals surface area contributed by atoms with Crippen molar-refractivity contribution in [2.45, 2.75) is 18.2 Å². The molecule has 3 rings (SSSR count). The van der Waals surface area contributed by atoms with Gasteiger partial charge in [-0.25, -0.2) is 8.42 Å². The lowest BCUT2D eigenvalue weighted by atomic mass is 10.2. The van der Waals surface area contributed by atoms with Gasteiger partial charge in [0.25, 0.3) is 5.91 Å². The second-order valence-electron chi connectivity index (χ2n) is 7.19. The number of sulfone groups is 1. The molecule has 0 unspecified atom stereocenters. The van der Waals surface area contributed by atoms with Gasteiger partial charge in [-0.1, -0.05) is 23.4 Å². The molecule has 0 aliphatic carbocycles. The molecule has 1 N–H and O–H groups in total. The highest BCUT2D eigenvalue weighted by Gasteiger charge is 2.24. The van der Waals surface area contributed by atoms with Crippen molar-refractivity contribution in [1.82, 2.24) is 20.3 Å². The molecule has 1 aliphatic rings. The van der Waals surface area contributed by atoms with Crippen molar-refractivity contribution >= 4 is 21.7 Å². The van der Waals surface area contributed by atoms with E-state index in [0.717, 1.165) is 0 Å². The highest BCUT2D eigenvalue weighted by Crippen LogP contribution is 2.11. The van der Waals surface area contributed by atoms with E-state index in [1.165, 1.54) is 12.1 Å². The van der Waals surface area contributed by atoms with Crippen molar-refractivity contribution in [2.24, 2.45) is 0 Å². The second-order valence-corrected chi connectivity index (χ2v) is 9.30. The van der Waals surface area contributed by atoms with E-state index in [-0.39, 0.29) is 28.9 Å². The van der Waals surface area contributed by atoms with Gasteiger partial charge in [-0.3, -0.25) is 14.5 Å². The third kappa shape index (κ3) is 5.90. The van der Waals surface area contributed by atoms with Crippen molar-refractivity contribution in [2.75, 3.05) is 45.0 Å². The number of carbonyl (C=O) groups is 2. The molecule has 30 heavy (non-hydrogen) atoms. The number of benzene rings is 1. The summed E-state index contributed by atoms with van der Waals surface area (Å²) in [5, 5.41) is 6.53. The fourth-order valence-corrected chi connectivity index (χ4v) is 4.48. The summed E-state index contributed by atoms with van der Waals surface area (Å²) in [4.78, 5) is 28.5. The zero-order chi connectivity index (χ0) is 21.6. The van der Waals surface area contributed by atoms with Crippen LogP contribution >= 0.6 is 0 Å². The third-order valence-corrected chi connectivity index (χ3v) is 6.69. The summed E-state index contributed by atoms with van der Waals surface area (Å²) in [6.45, 7) is 5.36. The topological polar surface area (TPSA) is 113 Å². The van der Waals surface area contributed by atoms with E-state index < -0.39 is 9.84 Å². The minimum Gasteiger partial charge on any atom is -0.361 e. The van der Waals surface area contributed by atoms with Crippen molar-refractivity contribution in [3.63, 3.8) is 0 Å². The molecule has 0 spiro atoms. The first-order valence-electron chi connectivity index (χ1n) is 9.84. The van der Waals surface area contributed by atoms with Crippen molar-refractivity contribution in [3.05, 3.63) is 47.9 Å². The number of nitrogens with zero attached hydrogens (tertiary/aromatic N) is 3. The van der Waals surface area contributed by atoms with E-state index in [1.54, 1.807) is 36.1 Å². The van der Waals surface area contributed by atoms with Crippen molar-refractivity contribution in [1.29, 1.82) is 0 Å². The number of piperazine rings is 1. The molecule has 1 aromatic heterocycles. The predicted molar refractivity (Wildman–Crippen MR) is 110 cm³/mol. The van der Waals surface area contributed by atoms with Crippen LogP contribution in [0.1, 0.15) is 22.7 Å². The van der Waals surface area contributed by atoms with Gasteiger partial charge in [0, 0.05) is 51.8 Å². The maximum absolute atomic E-state index is 12.4. The molecule has 0 atom stereocenters. The van der Waals surface area contributed by atoms with Crippen LogP contribution in [-0.2, 0) is 14.6 Å². The van der Waals surface area contributed by atoms with E-state index in [0.29, 0.717) is 50.7 Å². The van der Waals surface area contributed by atoms with Gasteiger partial charge >= 0.3 is 0 Å². The molecular formula is C20H26N4O5S. The van der Waals surface area contributed by atoms with Gasteiger partial charge in [0.05, 0.1) is 10.6 Å². The molecule has 2 heterocycles. The Labute approximate surface area is 175 Å². The van der Waals surface area contributed by atoms with Crippen LogP contribution in [0.5, 0.6) is 0 Å². The molecule has 2 aromatic rings. The quantitative estimate of drug-likeness (QED) is 0.651. The number of carbonyl (C=O) groups excluding carboxylic acids is 2. The Morgan fingerprint density at radius 3 is 2.47 bits per heavy atom. The number of aromatic nitrogens is 1. The summed E-state index contributed by atoms with van der Waals surface area (Å²) < 4.78 is 29.4. The van der Waals surface area contributed by atoms with Crippen LogP contribution in [0, 0.1) is 6.92 Å². The van der Waals surface area contributed by atoms with Crippen LogP contribution in [0.15, 0.2) is 45.8 Å². The zero-order valence-corrected chi connectivity index (χ0v) is 17.7. The molecule has 162 valence electrons. The summed E-state index contributed by atoms with van der Waals surface area (Å²) in [6.07, 6.45) is -0.0728. The van der Waals surface area contributed by atoms with Gasteiger partial charge in [-0.2, -0.15) is 0 Å². The summed E-state index contributed by atoms with van der Waals surface area (Å²) >= 11 is 0. The molecular weight excluding hydrogens is 408 g/mol. The number of aryl methyl sites for hydroxylation is 1. The Bertz CT molecular complexity index is 966. The largest absolute Gasteiger partial charge is 0.361 e. The second kappa shape index (κ2) is 9.86. The summed E-state index contributed by atoms with van der Waals surface area (Å²) in [6, 6.07) is 9.75. The Balaban J connectivity index is 1.34. The molecule has 0 bridgehead atoms. The van der Waals surface area contributed by atoms with E-state index in [9.17, 15) is 18.0 Å². The van der Waals surface area contributed by atoms with E-state index in [4.69, 9.17) is 4.52 Å². The molecule has 9 nitrogen and oxygen atoms in total. The van der Waals surface area contributed by atoms with E-state index >= 15 is 0 Å². The SMILES string of the molecule is Cc1cc(C(=O)N2CCN(CCNC(=O)CCS(=O)(=O)c3ccccc3)CC2)no1.